The molecule has 0 bridgehead atoms. The van der Waals surface area contributed by atoms with E-state index in [4.69, 9.17) is 4.74 Å². The average Bonchev–Trinajstić information content (AvgIpc) is 3.08. The lowest BCUT2D eigenvalue weighted by atomic mass is 10.1. The number of benzene rings is 2. The molecule has 3 aromatic rings. The van der Waals surface area contributed by atoms with E-state index in [0.29, 0.717) is 17.9 Å². The maximum absolute atomic E-state index is 12.4. The summed E-state index contributed by atoms with van der Waals surface area (Å²) >= 11 is 0. The summed E-state index contributed by atoms with van der Waals surface area (Å²) in [6, 6.07) is 16.7. The van der Waals surface area contributed by atoms with Crippen LogP contribution in [0.15, 0.2) is 67.0 Å². The highest BCUT2D eigenvalue weighted by Crippen LogP contribution is 2.19. The summed E-state index contributed by atoms with van der Waals surface area (Å²) in [5, 5.41) is 7.09. The smallest absolute Gasteiger partial charge is 0.259 e. The summed E-state index contributed by atoms with van der Waals surface area (Å²) in [5.74, 6) is 0.358. The molecule has 0 fully saturated rings. The highest BCUT2D eigenvalue weighted by atomic mass is 16.5. The van der Waals surface area contributed by atoms with Crippen molar-refractivity contribution in [3.63, 3.8) is 0 Å². The van der Waals surface area contributed by atoms with Crippen molar-refractivity contribution in [1.29, 1.82) is 0 Å². The van der Waals surface area contributed by atoms with Gasteiger partial charge in [0.25, 0.3) is 5.91 Å². The molecule has 0 spiro atoms. The van der Waals surface area contributed by atoms with Crippen molar-refractivity contribution in [3.8, 4) is 5.75 Å². The van der Waals surface area contributed by atoms with E-state index in [1.807, 2.05) is 53.3 Å². The van der Waals surface area contributed by atoms with E-state index in [9.17, 15) is 4.79 Å². The zero-order valence-corrected chi connectivity index (χ0v) is 12.8. The molecule has 5 nitrogen and oxygen atoms in total. The standard InChI is InChI=1S/C18H17N3O2/c1-23-17-9-3-2-8-16(17)18(22)20-15-7-4-6-14(12-15)13-21-11-5-10-19-21/h2-12H,13H2,1H3,(H,20,22). The zero-order chi connectivity index (χ0) is 16.1. The van der Waals surface area contributed by atoms with Crippen molar-refractivity contribution in [2.24, 2.45) is 0 Å². The minimum absolute atomic E-state index is 0.196. The lowest BCUT2D eigenvalue weighted by Gasteiger charge is -2.10. The minimum atomic E-state index is -0.196. The van der Waals surface area contributed by atoms with Crippen molar-refractivity contribution in [3.05, 3.63) is 78.1 Å². The van der Waals surface area contributed by atoms with Crippen LogP contribution in [0.5, 0.6) is 5.75 Å². The number of hydrogen-bond acceptors (Lipinski definition) is 3. The van der Waals surface area contributed by atoms with E-state index < -0.39 is 0 Å². The first-order valence-corrected chi connectivity index (χ1v) is 7.27. The second kappa shape index (κ2) is 6.79. The lowest BCUT2D eigenvalue weighted by molar-refractivity contribution is 0.102. The monoisotopic (exact) mass is 307 g/mol. The second-order valence-corrected chi connectivity index (χ2v) is 5.06. The van der Waals surface area contributed by atoms with Gasteiger partial charge in [-0.1, -0.05) is 24.3 Å². The van der Waals surface area contributed by atoms with Gasteiger partial charge in [0.1, 0.15) is 5.75 Å². The Bertz CT molecular complexity index is 798. The number of ether oxygens (including phenoxy) is 1. The Labute approximate surface area is 134 Å². The molecule has 0 aliphatic heterocycles. The van der Waals surface area contributed by atoms with Gasteiger partial charge in [-0.05, 0) is 35.9 Å². The van der Waals surface area contributed by atoms with Crippen LogP contribution in [0.25, 0.3) is 0 Å². The summed E-state index contributed by atoms with van der Waals surface area (Å²) in [5.41, 5.74) is 2.31. The molecule has 0 saturated carbocycles. The summed E-state index contributed by atoms with van der Waals surface area (Å²) < 4.78 is 7.06. The number of anilines is 1. The van der Waals surface area contributed by atoms with Gasteiger partial charge in [-0.3, -0.25) is 9.48 Å². The number of aromatic nitrogens is 2. The maximum atomic E-state index is 12.4. The van der Waals surface area contributed by atoms with Crippen molar-refractivity contribution < 1.29 is 9.53 Å². The number of methoxy groups -OCH3 is 1. The molecule has 0 saturated heterocycles. The Kier molecular flexibility index (Phi) is 4.38. The van der Waals surface area contributed by atoms with Gasteiger partial charge in [0.15, 0.2) is 0 Å². The van der Waals surface area contributed by atoms with E-state index in [1.54, 1.807) is 25.4 Å². The predicted octanol–water partition coefficient (Wildman–Crippen LogP) is 3.19. The SMILES string of the molecule is COc1ccccc1C(=O)Nc1cccc(Cn2cccn2)c1. The number of hydrogen-bond donors (Lipinski definition) is 1. The number of carbonyl (C=O) groups is 1. The van der Waals surface area contributed by atoms with E-state index in [1.165, 1.54) is 0 Å². The molecular formula is C18H17N3O2. The normalized spacial score (nSPS) is 10.3. The quantitative estimate of drug-likeness (QED) is 0.787. The Hall–Kier alpha value is -3.08. The van der Waals surface area contributed by atoms with Crippen molar-refractivity contribution in [1.82, 2.24) is 9.78 Å². The van der Waals surface area contributed by atoms with Crippen LogP contribution < -0.4 is 10.1 Å². The molecule has 2 aromatic carbocycles. The largest absolute Gasteiger partial charge is 0.496 e. The number of carbonyl (C=O) groups excluding carboxylic acids is 1. The van der Waals surface area contributed by atoms with Crippen LogP contribution in [0.1, 0.15) is 15.9 Å². The molecule has 1 N–H and O–H groups in total. The third kappa shape index (κ3) is 3.58. The summed E-state index contributed by atoms with van der Waals surface area (Å²) in [7, 11) is 1.55. The molecule has 0 radical (unpaired) electrons. The molecule has 116 valence electrons. The minimum Gasteiger partial charge on any atom is -0.496 e. The number of nitrogens with one attached hydrogen (secondary N) is 1. The van der Waals surface area contributed by atoms with Gasteiger partial charge in [0, 0.05) is 18.1 Å². The van der Waals surface area contributed by atoms with Gasteiger partial charge < -0.3 is 10.1 Å². The highest BCUT2D eigenvalue weighted by Gasteiger charge is 2.11. The third-order valence-corrected chi connectivity index (χ3v) is 3.44. The van der Waals surface area contributed by atoms with Gasteiger partial charge >= 0.3 is 0 Å². The first-order valence-electron chi connectivity index (χ1n) is 7.27. The Balaban J connectivity index is 1.76. The molecular weight excluding hydrogens is 290 g/mol. The van der Waals surface area contributed by atoms with E-state index in [2.05, 4.69) is 10.4 Å². The molecule has 1 aromatic heterocycles. The van der Waals surface area contributed by atoms with E-state index in [-0.39, 0.29) is 5.91 Å². The Morgan fingerprint density at radius 3 is 2.83 bits per heavy atom. The summed E-state index contributed by atoms with van der Waals surface area (Å²) in [6.45, 7) is 0.658. The third-order valence-electron chi connectivity index (χ3n) is 3.44. The fraction of sp³-hybridized carbons (Fsp3) is 0.111. The molecule has 0 atom stereocenters. The molecule has 0 aliphatic rings. The van der Waals surface area contributed by atoms with Crippen LogP contribution in [0.2, 0.25) is 0 Å². The molecule has 0 unspecified atom stereocenters. The lowest BCUT2D eigenvalue weighted by Crippen LogP contribution is -2.13. The first-order chi connectivity index (χ1) is 11.3. The summed E-state index contributed by atoms with van der Waals surface area (Å²) in [4.78, 5) is 12.4. The number of amides is 1. The predicted molar refractivity (Wildman–Crippen MR) is 88.7 cm³/mol. The Morgan fingerprint density at radius 2 is 2.04 bits per heavy atom. The van der Waals surface area contributed by atoms with Gasteiger partial charge in [0.2, 0.25) is 0 Å². The maximum Gasteiger partial charge on any atom is 0.259 e. The van der Waals surface area contributed by atoms with Crippen LogP contribution in [-0.2, 0) is 6.54 Å². The number of rotatable bonds is 5. The fourth-order valence-electron chi connectivity index (χ4n) is 2.36. The zero-order valence-electron chi connectivity index (χ0n) is 12.8. The van der Waals surface area contributed by atoms with E-state index in [0.717, 1.165) is 11.3 Å². The average molecular weight is 307 g/mol. The van der Waals surface area contributed by atoms with Crippen LogP contribution in [-0.4, -0.2) is 22.8 Å². The molecule has 3 rings (SSSR count). The van der Waals surface area contributed by atoms with Crippen molar-refractivity contribution in [2.45, 2.75) is 6.54 Å². The second-order valence-electron chi connectivity index (χ2n) is 5.06. The fourth-order valence-corrected chi connectivity index (χ4v) is 2.36. The first kappa shape index (κ1) is 14.8. The van der Waals surface area contributed by atoms with Gasteiger partial charge in [0.05, 0.1) is 19.2 Å². The van der Waals surface area contributed by atoms with Crippen molar-refractivity contribution in [2.75, 3.05) is 12.4 Å². The van der Waals surface area contributed by atoms with Crippen LogP contribution in [0, 0.1) is 0 Å². The highest BCUT2D eigenvalue weighted by molar-refractivity contribution is 6.06. The van der Waals surface area contributed by atoms with Gasteiger partial charge in [-0.15, -0.1) is 0 Å². The van der Waals surface area contributed by atoms with Crippen LogP contribution >= 0.6 is 0 Å². The van der Waals surface area contributed by atoms with Crippen LogP contribution in [0.3, 0.4) is 0 Å². The summed E-state index contributed by atoms with van der Waals surface area (Å²) in [6.07, 6.45) is 3.65. The topological polar surface area (TPSA) is 56.1 Å². The van der Waals surface area contributed by atoms with Gasteiger partial charge in [-0.25, -0.2) is 0 Å². The number of nitrogens with zero attached hydrogens (tertiary/aromatic N) is 2. The van der Waals surface area contributed by atoms with E-state index >= 15 is 0 Å². The van der Waals surface area contributed by atoms with Gasteiger partial charge in [-0.2, -0.15) is 5.10 Å². The molecule has 23 heavy (non-hydrogen) atoms. The molecule has 1 amide bonds. The van der Waals surface area contributed by atoms with Crippen LogP contribution in [0.4, 0.5) is 5.69 Å². The molecule has 0 aliphatic carbocycles. The van der Waals surface area contributed by atoms with Crippen molar-refractivity contribution >= 4 is 11.6 Å². The number of para-hydroxylation sites is 1. The molecule has 1 heterocycles. The molecule has 5 heteroatoms. The Morgan fingerprint density at radius 1 is 1.17 bits per heavy atom.